The molecular formula is C25H38BrF5O2. The molecule has 0 aliphatic carbocycles. The SMILES string of the molecule is Fc1c(F)c(F)c(COCCCCCCCCOCCCCCCCCCCBr)c(F)c1F. The topological polar surface area (TPSA) is 18.5 Å². The number of rotatable bonds is 21. The van der Waals surface area contributed by atoms with Crippen molar-refractivity contribution in [1.29, 1.82) is 0 Å². The van der Waals surface area contributed by atoms with E-state index in [-0.39, 0.29) is 6.61 Å². The highest BCUT2D eigenvalue weighted by Gasteiger charge is 2.25. The van der Waals surface area contributed by atoms with Crippen LogP contribution < -0.4 is 0 Å². The van der Waals surface area contributed by atoms with Crippen molar-refractivity contribution >= 4 is 15.9 Å². The average molecular weight is 545 g/mol. The van der Waals surface area contributed by atoms with Crippen LogP contribution in [0.5, 0.6) is 0 Å². The molecule has 192 valence electrons. The fourth-order valence-electron chi connectivity index (χ4n) is 3.53. The largest absolute Gasteiger partial charge is 0.381 e. The summed E-state index contributed by atoms with van der Waals surface area (Å²) < 4.78 is 77.1. The van der Waals surface area contributed by atoms with E-state index < -0.39 is 41.3 Å². The smallest absolute Gasteiger partial charge is 0.200 e. The van der Waals surface area contributed by atoms with Crippen LogP contribution in [0.2, 0.25) is 0 Å². The molecule has 0 atom stereocenters. The van der Waals surface area contributed by atoms with Crippen LogP contribution in [0.1, 0.15) is 95.5 Å². The van der Waals surface area contributed by atoms with Gasteiger partial charge in [-0.2, -0.15) is 0 Å². The second-order valence-corrected chi connectivity index (χ2v) is 9.15. The van der Waals surface area contributed by atoms with Gasteiger partial charge in [-0.15, -0.1) is 0 Å². The zero-order valence-electron chi connectivity index (χ0n) is 19.5. The number of ether oxygens (including phenoxy) is 2. The van der Waals surface area contributed by atoms with Gasteiger partial charge in [-0.3, -0.25) is 0 Å². The molecule has 0 saturated carbocycles. The molecule has 0 heterocycles. The molecule has 0 N–H and O–H groups in total. The molecule has 8 heteroatoms. The van der Waals surface area contributed by atoms with Crippen LogP contribution in [0.3, 0.4) is 0 Å². The molecule has 0 saturated heterocycles. The highest BCUT2D eigenvalue weighted by Crippen LogP contribution is 2.23. The Morgan fingerprint density at radius 3 is 1.18 bits per heavy atom. The van der Waals surface area contributed by atoms with E-state index in [1.807, 2.05) is 0 Å². The number of unbranched alkanes of at least 4 members (excludes halogenated alkanes) is 12. The Bertz CT molecular complexity index is 617. The van der Waals surface area contributed by atoms with Crippen LogP contribution in [-0.4, -0.2) is 25.2 Å². The van der Waals surface area contributed by atoms with Gasteiger partial charge in [0.05, 0.1) is 12.2 Å². The molecule has 0 unspecified atom stereocenters. The summed E-state index contributed by atoms with van der Waals surface area (Å²) in [6, 6.07) is 0. The molecule has 2 nitrogen and oxygen atoms in total. The summed E-state index contributed by atoms with van der Waals surface area (Å²) in [5.41, 5.74) is -0.924. The second-order valence-electron chi connectivity index (χ2n) is 8.35. The Hall–Kier alpha value is -0.730. The normalized spacial score (nSPS) is 11.5. The van der Waals surface area contributed by atoms with Crippen molar-refractivity contribution in [2.45, 2.75) is 96.5 Å². The van der Waals surface area contributed by atoms with E-state index in [0.29, 0.717) is 6.42 Å². The zero-order chi connectivity index (χ0) is 24.3. The summed E-state index contributed by atoms with van der Waals surface area (Å²) in [6.45, 7) is 1.20. The van der Waals surface area contributed by atoms with Gasteiger partial charge >= 0.3 is 0 Å². The van der Waals surface area contributed by atoms with Gasteiger partial charge in [0.25, 0.3) is 0 Å². The molecule has 0 spiro atoms. The van der Waals surface area contributed by atoms with E-state index in [1.54, 1.807) is 0 Å². The first-order valence-corrected chi connectivity index (χ1v) is 13.3. The molecule has 0 fully saturated rings. The molecule has 0 aromatic heterocycles. The minimum atomic E-state index is -2.15. The fourth-order valence-corrected chi connectivity index (χ4v) is 3.92. The van der Waals surface area contributed by atoms with Crippen molar-refractivity contribution in [3.8, 4) is 0 Å². The van der Waals surface area contributed by atoms with Gasteiger partial charge in [-0.1, -0.05) is 80.1 Å². The standard InChI is InChI=1S/C25H38BrF5O2/c26-15-11-7-3-1-2-4-8-12-16-32-17-13-9-5-6-10-14-18-33-19-20-21(27)23(29)25(31)24(30)22(20)28/h1-19H2. The summed E-state index contributed by atoms with van der Waals surface area (Å²) in [4.78, 5) is 0. The van der Waals surface area contributed by atoms with Crippen molar-refractivity contribution in [2.24, 2.45) is 0 Å². The molecule has 0 aliphatic heterocycles. The Morgan fingerprint density at radius 1 is 0.424 bits per heavy atom. The van der Waals surface area contributed by atoms with Crippen molar-refractivity contribution in [1.82, 2.24) is 0 Å². The van der Waals surface area contributed by atoms with Gasteiger partial charge < -0.3 is 9.47 Å². The van der Waals surface area contributed by atoms with Crippen LogP contribution in [0.15, 0.2) is 0 Å². The van der Waals surface area contributed by atoms with Crippen LogP contribution in [0.4, 0.5) is 22.0 Å². The van der Waals surface area contributed by atoms with Crippen LogP contribution in [0.25, 0.3) is 0 Å². The third-order valence-electron chi connectivity index (χ3n) is 5.55. The van der Waals surface area contributed by atoms with Gasteiger partial charge in [-0.05, 0) is 25.7 Å². The van der Waals surface area contributed by atoms with E-state index in [2.05, 4.69) is 15.9 Å². The molecule has 0 radical (unpaired) electrons. The third-order valence-corrected chi connectivity index (χ3v) is 6.11. The van der Waals surface area contributed by atoms with Crippen molar-refractivity contribution < 1.29 is 31.4 Å². The molecule has 0 amide bonds. The number of benzene rings is 1. The Labute approximate surface area is 203 Å². The lowest BCUT2D eigenvalue weighted by atomic mass is 10.1. The van der Waals surface area contributed by atoms with Gasteiger partial charge in [0.2, 0.25) is 5.82 Å². The number of hydrogen-bond donors (Lipinski definition) is 0. The predicted molar refractivity (Wildman–Crippen MR) is 125 cm³/mol. The first-order chi connectivity index (χ1) is 16.0. The summed E-state index contributed by atoms with van der Waals surface area (Å²) >= 11 is 3.45. The maximum Gasteiger partial charge on any atom is 0.200 e. The Kier molecular flexibility index (Phi) is 18.0. The Balaban J connectivity index is 1.88. The minimum absolute atomic E-state index is 0.208. The van der Waals surface area contributed by atoms with Crippen LogP contribution >= 0.6 is 15.9 Å². The monoisotopic (exact) mass is 544 g/mol. The summed E-state index contributed by atoms with van der Waals surface area (Å²) in [7, 11) is 0. The van der Waals surface area contributed by atoms with Gasteiger partial charge in [0.15, 0.2) is 23.3 Å². The number of alkyl halides is 1. The molecular weight excluding hydrogens is 507 g/mol. The molecule has 1 rings (SSSR count). The lowest BCUT2D eigenvalue weighted by molar-refractivity contribution is 0.109. The highest BCUT2D eigenvalue weighted by atomic mass is 79.9. The first-order valence-electron chi connectivity index (χ1n) is 12.2. The highest BCUT2D eigenvalue weighted by molar-refractivity contribution is 9.09. The number of halogens is 6. The summed E-state index contributed by atoms with van der Waals surface area (Å²) in [6.07, 6.45) is 16.0. The van der Waals surface area contributed by atoms with E-state index in [0.717, 1.165) is 57.1 Å². The molecule has 33 heavy (non-hydrogen) atoms. The third kappa shape index (κ3) is 13.1. The average Bonchev–Trinajstić information content (AvgIpc) is 2.82. The lowest BCUT2D eigenvalue weighted by Gasteiger charge is -2.09. The van der Waals surface area contributed by atoms with Gasteiger partial charge in [0, 0.05) is 25.2 Å². The Morgan fingerprint density at radius 2 is 0.758 bits per heavy atom. The van der Waals surface area contributed by atoms with E-state index in [1.165, 1.54) is 44.9 Å². The lowest BCUT2D eigenvalue weighted by Crippen LogP contribution is -2.09. The first kappa shape index (κ1) is 30.3. The fraction of sp³-hybridized carbons (Fsp3) is 0.760. The van der Waals surface area contributed by atoms with Crippen molar-refractivity contribution in [3.63, 3.8) is 0 Å². The second kappa shape index (κ2) is 19.6. The maximum absolute atomic E-state index is 13.5. The van der Waals surface area contributed by atoms with Crippen LogP contribution in [0, 0.1) is 29.1 Å². The van der Waals surface area contributed by atoms with E-state index in [9.17, 15) is 22.0 Å². The molecule has 0 aliphatic rings. The van der Waals surface area contributed by atoms with E-state index >= 15 is 0 Å². The van der Waals surface area contributed by atoms with Gasteiger partial charge in [0.1, 0.15) is 0 Å². The minimum Gasteiger partial charge on any atom is -0.381 e. The van der Waals surface area contributed by atoms with Gasteiger partial charge in [-0.25, -0.2) is 22.0 Å². The molecule has 1 aromatic carbocycles. The van der Waals surface area contributed by atoms with Crippen molar-refractivity contribution in [3.05, 3.63) is 34.6 Å². The predicted octanol–water partition coefficient (Wildman–Crippen LogP) is 8.77. The van der Waals surface area contributed by atoms with Crippen LogP contribution in [-0.2, 0) is 16.1 Å². The van der Waals surface area contributed by atoms with E-state index in [4.69, 9.17) is 9.47 Å². The quantitative estimate of drug-likeness (QED) is 0.0506. The summed E-state index contributed by atoms with van der Waals surface area (Å²) in [5, 5.41) is 1.11. The van der Waals surface area contributed by atoms with Crippen molar-refractivity contribution in [2.75, 3.05) is 25.2 Å². The number of hydrogen-bond acceptors (Lipinski definition) is 2. The maximum atomic E-state index is 13.5. The zero-order valence-corrected chi connectivity index (χ0v) is 21.1. The molecule has 1 aromatic rings. The summed E-state index contributed by atoms with van der Waals surface area (Å²) in [5.74, 6) is -9.69. The molecule has 0 bridgehead atoms.